The lowest BCUT2D eigenvalue weighted by Crippen LogP contribution is -2.12. The summed E-state index contributed by atoms with van der Waals surface area (Å²) in [5.41, 5.74) is 0.452. The number of carbonyl (C=O) groups excluding carboxylic acids is 2. The van der Waals surface area contributed by atoms with Crippen molar-refractivity contribution in [3.05, 3.63) is 11.6 Å². The Bertz CT molecular complexity index is 348. The van der Waals surface area contributed by atoms with Crippen LogP contribution in [0.4, 0.5) is 0 Å². The van der Waals surface area contributed by atoms with Gasteiger partial charge in [0.2, 0.25) is 0 Å². The molecular weight excluding hydrogens is 260 g/mol. The van der Waals surface area contributed by atoms with Crippen molar-refractivity contribution in [2.45, 2.75) is 57.5 Å². The zero-order chi connectivity index (χ0) is 14.8. The maximum atomic E-state index is 11.6. The number of hydrogen-bond acceptors (Lipinski definition) is 5. The smallest absolute Gasteiger partial charge is 0.333 e. The predicted octanol–water partition coefficient (Wildman–Crippen LogP) is 2.12. The molecule has 0 amide bonds. The minimum absolute atomic E-state index is 0.175. The molecule has 1 N–H and O–H groups in total. The van der Waals surface area contributed by atoms with Crippen LogP contribution in [0.25, 0.3) is 0 Å². The van der Waals surface area contributed by atoms with E-state index >= 15 is 0 Å². The fraction of sp³-hybridized carbons (Fsp3) is 0.733. The number of rotatable bonds is 1. The number of esters is 2. The molecule has 0 spiro atoms. The number of hydrogen-bond donors (Lipinski definition) is 1. The molecule has 1 aliphatic heterocycles. The number of aliphatic hydroxyl groups excluding tert-OH is 1. The quantitative estimate of drug-likeness (QED) is 0.747. The van der Waals surface area contributed by atoms with Crippen molar-refractivity contribution >= 4 is 11.9 Å². The van der Waals surface area contributed by atoms with E-state index in [-0.39, 0.29) is 5.97 Å². The summed E-state index contributed by atoms with van der Waals surface area (Å²) in [6, 6.07) is 0. The summed E-state index contributed by atoms with van der Waals surface area (Å²) in [6.07, 6.45) is 6.65. The van der Waals surface area contributed by atoms with Gasteiger partial charge in [0.05, 0.1) is 19.8 Å². The molecule has 0 radical (unpaired) electrons. The second kappa shape index (κ2) is 9.53. The molecule has 1 aliphatic rings. The largest absolute Gasteiger partial charge is 0.466 e. The van der Waals surface area contributed by atoms with Crippen LogP contribution in [0.2, 0.25) is 0 Å². The van der Waals surface area contributed by atoms with Crippen molar-refractivity contribution < 1.29 is 24.2 Å². The highest BCUT2D eigenvalue weighted by atomic mass is 16.5. The highest BCUT2D eigenvalue weighted by Crippen LogP contribution is 2.14. The van der Waals surface area contributed by atoms with E-state index in [1.807, 2.05) is 0 Å². The SMILES string of the molecule is COC(=O)/C1=C/C(O)CCCCCCC(=O)OCCC1. The van der Waals surface area contributed by atoms with Gasteiger partial charge in [-0.1, -0.05) is 19.3 Å². The van der Waals surface area contributed by atoms with Crippen LogP contribution < -0.4 is 0 Å². The molecule has 0 aromatic rings. The second-order valence-corrected chi connectivity index (χ2v) is 5.03. The van der Waals surface area contributed by atoms with E-state index in [4.69, 9.17) is 9.47 Å². The minimum atomic E-state index is -0.616. The van der Waals surface area contributed by atoms with Gasteiger partial charge in [0.25, 0.3) is 0 Å². The van der Waals surface area contributed by atoms with Gasteiger partial charge in [0, 0.05) is 12.0 Å². The molecule has 5 nitrogen and oxygen atoms in total. The topological polar surface area (TPSA) is 72.8 Å². The third-order valence-electron chi connectivity index (χ3n) is 3.33. The molecule has 1 unspecified atom stereocenters. The van der Waals surface area contributed by atoms with E-state index in [1.165, 1.54) is 7.11 Å². The Morgan fingerprint density at radius 2 is 2.00 bits per heavy atom. The molecule has 114 valence electrons. The normalized spacial score (nSPS) is 25.8. The van der Waals surface area contributed by atoms with E-state index in [9.17, 15) is 14.7 Å². The molecule has 0 bridgehead atoms. The lowest BCUT2D eigenvalue weighted by atomic mass is 10.0. The highest BCUT2D eigenvalue weighted by Gasteiger charge is 2.13. The molecule has 0 saturated heterocycles. The van der Waals surface area contributed by atoms with Crippen LogP contribution in [0, 0.1) is 0 Å². The number of methoxy groups -OCH3 is 1. The fourth-order valence-corrected chi connectivity index (χ4v) is 2.20. The van der Waals surface area contributed by atoms with Crippen LogP contribution in [0.15, 0.2) is 11.6 Å². The predicted molar refractivity (Wildman–Crippen MR) is 74.0 cm³/mol. The first-order valence-electron chi connectivity index (χ1n) is 7.26. The van der Waals surface area contributed by atoms with Crippen molar-refractivity contribution in [1.29, 1.82) is 0 Å². The third kappa shape index (κ3) is 6.70. The summed E-state index contributed by atoms with van der Waals surface area (Å²) in [7, 11) is 1.32. The van der Waals surface area contributed by atoms with Gasteiger partial charge in [0.15, 0.2) is 0 Å². The Morgan fingerprint density at radius 1 is 1.25 bits per heavy atom. The lowest BCUT2D eigenvalue weighted by molar-refractivity contribution is -0.143. The maximum absolute atomic E-state index is 11.6. The zero-order valence-corrected chi connectivity index (χ0v) is 12.1. The van der Waals surface area contributed by atoms with Gasteiger partial charge in [0.1, 0.15) is 0 Å². The standard InChI is InChI=1S/C15H24O5/c1-19-15(18)12-7-6-10-20-14(17)9-5-3-2-4-8-13(16)11-12/h11,13,16H,2-10H2,1H3/b12-11+. The van der Waals surface area contributed by atoms with Gasteiger partial charge in [-0.25, -0.2) is 4.79 Å². The van der Waals surface area contributed by atoms with Gasteiger partial charge in [-0.15, -0.1) is 0 Å². The number of aliphatic hydroxyl groups is 1. The van der Waals surface area contributed by atoms with E-state index in [2.05, 4.69) is 0 Å². The number of carbonyl (C=O) groups is 2. The van der Waals surface area contributed by atoms with Crippen LogP contribution in [0.3, 0.4) is 0 Å². The molecule has 0 aromatic carbocycles. The van der Waals surface area contributed by atoms with Crippen LogP contribution in [-0.4, -0.2) is 36.9 Å². The van der Waals surface area contributed by atoms with Crippen molar-refractivity contribution in [3.8, 4) is 0 Å². The monoisotopic (exact) mass is 284 g/mol. The van der Waals surface area contributed by atoms with Crippen LogP contribution >= 0.6 is 0 Å². The first kappa shape index (κ1) is 16.7. The zero-order valence-electron chi connectivity index (χ0n) is 12.1. The summed E-state index contributed by atoms with van der Waals surface area (Å²) in [5, 5.41) is 9.91. The molecule has 0 aliphatic carbocycles. The molecule has 1 rings (SSSR count). The highest BCUT2D eigenvalue weighted by molar-refractivity contribution is 5.88. The molecule has 0 saturated carbocycles. The van der Waals surface area contributed by atoms with Crippen LogP contribution in [0.1, 0.15) is 51.4 Å². The minimum Gasteiger partial charge on any atom is -0.466 e. The van der Waals surface area contributed by atoms with Crippen molar-refractivity contribution in [3.63, 3.8) is 0 Å². The summed E-state index contributed by atoms with van der Waals surface area (Å²) < 4.78 is 9.80. The van der Waals surface area contributed by atoms with Crippen molar-refractivity contribution in [1.82, 2.24) is 0 Å². The van der Waals surface area contributed by atoms with E-state index in [0.29, 0.717) is 37.9 Å². The van der Waals surface area contributed by atoms with E-state index in [0.717, 1.165) is 25.7 Å². The van der Waals surface area contributed by atoms with Gasteiger partial charge < -0.3 is 14.6 Å². The third-order valence-corrected chi connectivity index (χ3v) is 3.33. The average molecular weight is 284 g/mol. The molecule has 0 fully saturated rings. The summed E-state index contributed by atoms with van der Waals surface area (Å²) in [6.45, 7) is 0.295. The van der Waals surface area contributed by atoms with Crippen molar-refractivity contribution in [2.75, 3.05) is 13.7 Å². The molecular formula is C15H24O5. The van der Waals surface area contributed by atoms with Gasteiger partial charge >= 0.3 is 11.9 Å². The Hall–Kier alpha value is -1.36. The van der Waals surface area contributed by atoms with Crippen LogP contribution in [-0.2, 0) is 19.1 Å². The average Bonchev–Trinajstić information content (AvgIpc) is 2.44. The molecule has 1 heterocycles. The maximum Gasteiger partial charge on any atom is 0.333 e. The van der Waals surface area contributed by atoms with E-state index in [1.54, 1.807) is 6.08 Å². The summed E-state index contributed by atoms with van der Waals surface area (Å²) >= 11 is 0. The number of cyclic esters (lactones) is 1. The Labute approximate surface area is 119 Å². The number of ether oxygens (including phenoxy) is 2. The molecule has 5 heteroatoms. The molecule has 0 aromatic heterocycles. The second-order valence-electron chi connectivity index (χ2n) is 5.03. The van der Waals surface area contributed by atoms with Crippen LogP contribution in [0.5, 0.6) is 0 Å². The Morgan fingerprint density at radius 3 is 2.75 bits per heavy atom. The summed E-state index contributed by atoms with van der Waals surface area (Å²) in [4.78, 5) is 23.0. The van der Waals surface area contributed by atoms with Gasteiger partial charge in [-0.05, 0) is 31.8 Å². The summed E-state index contributed by atoms with van der Waals surface area (Å²) in [5.74, 6) is -0.604. The Kier molecular flexibility index (Phi) is 7.95. The molecule has 20 heavy (non-hydrogen) atoms. The van der Waals surface area contributed by atoms with E-state index < -0.39 is 12.1 Å². The van der Waals surface area contributed by atoms with Gasteiger partial charge in [-0.3, -0.25) is 4.79 Å². The fourth-order valence-electron chi connectivity index (χ4n) is 2.20. The molecule has 1 atom stereocenters. The Balaban J connectivity index is 2.63. The van der Waals surface area contributed by atoms with Gasteiger partial charge in [-0.2, -0.15) is 0 Å². The first-order valence-corrected chi connectivity index (χ1v) is 7.26. The van der Waals surface area contributed by atoms with Crippen molar-refractivity contribution in [2.24, 2.45) is 0 Å². The lowest BCUT2D eigenvalue weighted by Gasteiger charge is -2.11. The first-order chi connectivity index (χ1) is 9.63.